The number of nitrogens with zero attached hydrogens (tertiary/aromatic N) is 1. The number of carboxylic acid groups (broad SMARTS) is 1. The topological polar surface area (TPSA) is 124 Å². The van der Waals surface area contributed by atoms with Gasteiger partial charge in [0.05, 0.1) is 11.6 Å². The van der Waals surface area contributed by atoms with Crippen molar-refractivity contribution >= 4 is 33.3 Å². The van der Waals surface area contributed by atoms with Crippen LogP contribution in [0.25, 0.3) is 0 Å². The number of sulfone groups is 1. The maximum atomic E-state index is 13.9. The van der Waals surface area contributed by atoms with Gasteiger partial charge in [0.25, 0.3) is 0 Å². The van der Waals surface area contributed by atoms with Gasteiger partial charge in [0.2, 0.25) is 5.91 Å². The molecule has 112 valence electrons. The zero-order valence-electron chi connectivity index (χ0n) is 10.3. The van der Waals surface area contributed by atoms with E-state index >= 15 is 0 Å². The average Bonchev–Trinajstić information content (AvgIpc) is 2.37. The normalized spacial score (nSPS) is 10.7. The van der Waals surface area contributed by atoms with E-state index in [1.807, 2.05) is 5.32 Å². The van der Waals surface area contributed by atoms with Crippen molar-refractivity contribution in [3.05, 3.63) is 28.5 Å². The van der Waals surface area contributed by atoms with Crippen LogP contribution < -0.4 is 5.32 Å². The van der Waals surface area contributed by atoms with Crippen molar-refractivity contribution in [2.45, 2.75) is 4.90 Å². The molecule has 21 heavy (non-hydrogen) atoms. The molecule has 7 nitrogen and oxygen atoms in total. The van der Waals surface area contributed by atoms with E-state index in [1.165, 1.54) is 0 Å². The summed E-state index contributed by atoms with van der Waals surface area (Å²) in [6.07, 6.45) is 0. The zero-order chi connectivity index (χ0) is 16.2. The van der Waals surface area contributed by atoms with Crippen LogP contribution in [-0.4, -0.2) is 37.7 Å². The molecule has 0 radical (unpaired) electrons. The van der Waals surface area contributed by atoms with Crippen LogP contribution in [-0.2, 0) is 14.6 Å². The first-order chi connectivity index (χ1) is 9.69. The van der Waals surface area contributed by atoms with Gasteiger partial charge < -0.3 is 10.4 Å². The first-order valence-corrected chi connectivity index (χ1v) is 7.31. The highest BCUT2D eigenvalue weighted by molar-refractivity contribution is 7.92. The van der Waals surface area contributed by atoms with Gasteiger partial charge in [0.1, 0.15) is 17.2 Å². The Kier molecular flexibility index (Phi) is 5.23. The van der Waals surface area contributed by atoms with E-state index in [1.54, 1.807) is 6.07 Å². The molecule has 0 bridgehead atoms. The summed E-state index contributed by atoms with van der Waals surface area (Å²) >= 11 is 5.55. The molecule has 0 atom stereocenters. The molecular formula is C11H8ClFN2O5S. The third kappa shape index (κ3) is 4.14. The SMILES string of the molecule is N#CCNC(=O)CS(=O)(=O)c1cc(Cl)cc(C(=O)O)c1F. The number of nitrogens with one attached hydrogen (secondary N) is 1. The minimum Gasteiger partial charge on any atom is -0.478 e. The molecule has 10 heteroatoms. The van der Waals surface area contributed by atoms with E-state index < -0.39 is 50.3 Å². The Hall–Kier alpha value is -2.18. The van der Waals surface area contributed by atoms with Crippen LogP contribution in [0.4, 0.5) is 4.39 Å². The number of amides is 1. The van der Waals surface area contributed by atoms with Gasteiger partial charge in [0, 0.05) is 5.02 Å². The van der Waals surface area contributed by atoms with E-state index in [0.717, 1.165) is 12.1 Å². The lowest BCUT2D eigenvalue weighted by Gasteiger charge is -2.08. The summed E-state index contributed by atoms with van der Waals surface area (Å²) in [7, 11) is -4.44. The molecule has 0 aromatic heterocycles. The van der Waals surface area contributed by atoms with Crippen LogP contribution in [0.15, 0.2) is 17.0 Å². The second-order valence-corrected chi connectivity index (χ2v) is 6.16. The highest BCUT2D eigenvalue weighted by Crippen LogP contribution is 2.24. The lowest BCUT2D eigenvalue weighted by Crippen LogP contribution is -2.31. The Labute approximate surface area is 123 Å². The molecule has 1 rings (SSSR count). The van der Waals surface area contributed by atoms with E-state index in [0.29, 0.717) is 0 Å². The quantitative estimate of drug-likeness (QED) is 0.759. The van der Waals surface area contributed by atoms with Crippen molar-refractivity contribution in [2.75, 3.05) is 12.3 Å². The van der Waals surface area contributed by atoms with Crippen molar-refractivity contribution in [3.63, 3.8) is 0 Å². The summed E-state index contributed by atoms with van der Waals surface area (Å²) in [4.78, 5) is 21.1. The summed E-state index contributed by atoms with van der Waals surface area (Å²) < 4.78 is 37.7. The summed E-state index contributed by atoms with van der Waals surface area (Å²) in [5.41, 5.74) is -0.918. The standard InChI is InChI=1S/C11H8ClFN2O5S/c12-6-3-7(11(17)18)10(13)8(4-6)21(19,20)5-9(16)15-2-1-14/h3-4H,2,5H2,(H,15,16)(H,17,18). The number of hydrogen-bond donors (Lipinski definition) is 2. The van der Waals surface area contributed by atoms with E-state index in [-0.39, 0.29) is 5.02 Å². The number of hydrogen-bond acceptors (Lipinski definition) is 5. The van der Waals surface area contributed by atoms with Crippen LogP contribution in [0.2, 0.25) is 5.02 Å². The highest BCUT2D eigenvalue weighted by atomic mass is 35.5. The second-order valence-electron chi connectivity index (χ2n) is 3.76. The molecule has 0 fully saturated rings. The first kappa shape index (κ1) is 16.9. The summed E-state index contributed by atoms with van der Waals surface area (Å²) in [6.45, 7) is -0.410. The average molecular weight is 335 g/mol. The Morgan fingerprint density at radius 3 is 2.57 bits per heavy atom. The third-order valence-electron chi connectivity index (χ3n) is 2.26. The number of rotatable bonds is 5. The fourth-order valence-corrected chi connectivity index (χ4v) is 2.96. The number of aromatic carboxylic acids is 1. The van der Waals surface area contributed by atoms with E-state index in [4.69, 9.17) is 22.0 Å². The van der Waals surface area contributed by atoms with Gasteiger partial charge in [-0.15, -0.1) is 0 Å². The number of carboxylic acids is 1. The molecule has 0 spiro atoms. The van der Waals surface area contributed by atoms with Crippen molar-refractivity contribution in [3.8, 4) is 6.07 Å². The van der Waals surface area contributed by atoms with Crippen molar-refractivity contribution in [1.82, 2.24) is 5.32 Å². The van der Waals surface area contributed by atoms with Gasteiger partial charge >= 0.3 is 5.97 Å². The lowest BCUT2D eigenvalue weighted by atomic mass is 10.2. The molecule has 2 N–H and O–H groups in total. The van der Waals surface area contributed by atoms with Crippen molar-refractivity contribution in [1.29, 1.82) is 5.26 Å². The van der Waals surface area contributed by atoms with Crippen LogP contribution in [0.3, 0.4) is 0 Å². The fourth-order valence-electron chi connectivity index (χ4n) is 1.39. The zero-order valence-corrected chi connectivity index (χ0v) is 11.8. The largest absolute Gasteiger partial charge is 0.478 e. The van der Waals surface area contributed by atoms with Crippen LogP contribution in [0.1, 0.15) is 10.4 Å². The molecule has 0 saturated heterocycles. The summed E-state index contributed by atoms with van der Waals surface area (Å²) in [5, 5.41) is 18.7. The molecule has 0 saturated carbocycles. The van der Waals surface area contributed by atoms with E-state index in [2.05, 4.69) is 0 Å². The Morgan fingerprint density at radius 2 is 2.05 bits per heavy atom. The Morgan fingerprint density at radius 1 is 1.43 bits per heavy atom. The van der Waals surface area contributed by atoms with Crippen LogP contribution in [0, 0.1) is 17.1 Å². The van der Waals surface area contributed by atoms with Crippen LogP contribution >= 0.6 is 11.6 Å². The Balaban J connectivity index is 3.24. The molecule has 0 unspecified atom stereocenters. The predicted octanol–water partition coefficient (Wildman–Crippen LogP) is 0.591. The molecule has 1 aromatic rings. The number of carbonyl (C=O) groups is 2. The van der Waals surface area contributed by atoms with Gasteiger partial charge in [-0.2, -0.15) is 5.26 Å². The molecule has 0 aliphatic heterocycles. The molecular weight excluding hydrogens is 327 g/mol. The van der Waals surface area contributed by atoms with Gasteiger partial charge in [-0.3, -0.25) is 4.79 Å². The van der Waals surface area contributed by atoms with Crippen molar-refractivity contribution < 1.29 is 27.5 Å². The molecule has 0 aliphatic rings. The number of carbonyl (C=O) groups excluding carboxylic acids is 1. The number of halogens is 2. The lowest BCUT2D eigenvalue weighted by molar-refractivity contribution is -0.118. The first-order valence-electron chi connectivity index (χ1n) is 5.27. The number of nitriles is 1. The highest BCUT2D eigenvalue weighted by Gasteiger charge is 2.27. The van der Waals surface area contributed by atoms with E-state index in [9.17, 15) is 22.4 Å². The fraction of sp³-hybridized carbons (Fsp3) is 0.182. The molecule has 0 heterocycles. The van der Waals surface area contributed by atoms with Gasteiger partial charge in [-0.25, -0.2) is 17.6 Å². The minimum absolute atomic E-state index is 0.301. The smallest absolute Gasteiger partial charge is 0.338 e. The summed E-state index contributed by atoms with van der Waals surface area (Å²) in [6, 6.07) is 3.05. The summed E-state index contributed by atoms with van der Waals surface area (Å²) in [5.74, 6) is -5.35. The van der Waals surface area contributed by atoms with Gasteiger partial charge in [0.15, 0.2) is 15.7 Å². The molecule has 0 aliphatic carbocycles. The maximum absolute atomic E-state index is 13.9. The van der Waals surface area contributed by atoms with Crippen LogP contribution in [0.5, 0.6) is 0 Å². The van der Waals surface area contributed by atoms with Crippen molar-refractivity contribution in [2.24, 2.45) is 0 Å². The predicted molar refractivity (Wildman–Crippen MR) is 69.0 cm³/mol. The molecule has 1 aromatic carbocycles. The minimum atomic E-state index is -4.44. The third-order valence-corrected chi connectivity index (χ3v) is 4.08. The number of benzene rings is 1. The monoisotopic (exact) mass is 334 g/mol. The van der Waals surface area contributed by atoms with Gasteiger partial charge in [-0.1, -0.05) is 11.6 Å². The second kappa shape index (κ2) is 6.51. The van der Waals surface area contributed by atoms with Gasteiger partial charge in [-0.05, 0) is 12.1 Å². The Bertz CT molecular complexity index is 742. The maximum Gasteiger partial charge on any atom is 0.338 e. The molecule has 1 amide bonds.